The van der Waals surface area contributed by atoms with E-state index >= 15 is 0 Å². The van der Waals surface area contributed by atoms with Gasteiger partial charge in [-0.2, -0.15) is 4.98 Å². The van der Waals surface area contributed by atoms with Crippen LogP contribution in [0.15, 0.2) is 34.9 Å². The van der Waals surface area contributed by atoms with Crippen molar-refractivity contribution in [3.05, 3.63) is 41.8 Å². The summed E-state index contributed by atoms with van der Waals surface area (Å²) in [5, 5.41) is 3.19. The molecule has 0 saturated heterocycles. The van der Waals surface area contributed by atoms with Crippen molar-refractivity contribution in [2.75, 3.05) is 6.54 Å². The van der Waals surface area contributed by atoms with Crippen molar-refractivity contribution in [2.45, 2.75) is 39.7 Å². The van der Waals surface area contributed by atoms with E-state index in [0.717, 1.165) is 24.4 Å². The second-order valence-electron chi connectivity index (χ2n) is 4.87. The van der Waals surface area contributed by atoms with E-state index in [1.54, 1.807) is 6.26 Å². The van der Waals surface area contributed by atoms with Gasteiger partial charge in [0.05, 0.1) is 5.69 Å². The van der Waals surface area contributed by atoms with Crippen LogP contribution in [0, 0.1) is 0 Å². The zero-order chi connectivity index (χ0) is 14.4. The van der Waals surface area contributed by atoms with E-state index in [0.29, 0.717) is 12.5 Å². The molecule has 20 heavy (non-hydrogen) atoms. The normalized spacial score (nSPS) is 12.3. The fourth-order valence-electron chi connectivity index (χ4n) is 1.87. The molecule has 2 rings (SSSR count). The quantitative estimate of drug-likeness (QED) is 0.826. The largest absolute Gasteiger partial charge is 0.417 e. The van der Waals surface area contributed by atoms with Crippen molar-refractivity contribution >= 4 is 0 Å². The number of oxazole rings is 1. The predicted octanol–water partition coefficient (Wildman–Crippen LogP) is 4.09. The predicted molar refractivity (Wildman–Crippen MR) is 79.1 cm³/mol. The first kappa shape index (κ1) is 14.6. The molecular weight excluding hydrogens is 252 g/mol. The van der Waals surface area contributed by atoms with Crippen LogP contribution in [0.1, 0.15) is 44.4 Å². The number of aromatic nitrogens is 1. The highest BCUT2D eigenvalue weighted by Crippen LogP contribution is 2.24. The summed E-state index contributed by atoms with van der Waals surface area (Å²) in [6, 6.07) is 8.09. The Balaban J connectivity index is 1.97. The molecule has 4 nitrogen and oxygen atoms in total. The molecule has 0 aliphatic heterocycles. The molecule has 0 radical (unpaired) electrons. The summed E-state index contributed by atoms with van der Waals surface area (Å²) in [6.07, 6.45) is 3.04. The van der Waals surface area contributed by atoms with Crippen LogP contribution in [0.2, 0.25) is 0 Å². The lowest BCUT2D eigenvalue weighted by Crippen LogP contribution is -2.11. The molecule has 1 aromatic carbocycles. The third kappa shape index (κ3) is 3.84. The summed E-state index contributed by atoms with van der Waals surface area (Å²) >= 11 is 0. The molecule has 0 bridgehead atoms. The van der Waals surface area contributed by atoms with Gasteiger partial charge in [0.25, 0.3) is 0 Å². The minimum absolute atomic E-state index is 0.286. The van der Waals surface area contributed by atoms with Crippen LogP contribution >= 0.6 is 0 Å². The molecule has 1 aromatic heterocycles. The Morgan fingerprint density at radius 3 is 2.65 bits per heavy atom. The van der Waals surface area contributed by atoms with E-state index in [1.807, 2.05) is 12.1 Å². The maximum Gasteiger partial charge on any atom is 0.399 e. The lowest BCUT2D eigenvalue weighted by molar-refractivity contribution is 0.330. The Bertz CT molecular complexity index is 520. The van der Waals surface area contributed by atoms with Crippen LogP contribution in [-0.2, 0) is 6.54 Å². The van der Waals surface area contributed by atoms with Crippen molar-refractivity contribution in [2.24, 2.45) is 0 Å². The first-order valence-electron chi connectivity index (χ1n) is 7.15. The third-order valence-corrected chi connectivity index (χ3v) is 3.35. The highest BCUT2D eigenvalue weighted by Gasteiger charge is 2.07. The summed E-state index contributed by atoms with van der Waals surface area (Å²) in [5.74, 6) is 1.31. The molecule has 2 aromatic rings. The fourth-order valence-corrected chi connectivity index (χ4v) is 1.87. The van der Waals surface area contributed by atoms with Gasteiger partial charge in [-0.1, -0.05) is 32.9 Å². The van der Waals surface area contributed by atoms with Crippen LogP contribution < -0.4 is 10.1 Å². The number of nitrogens with zero attached hydrogens (tertiary/aromatic N) is 1. The smallest absolute Gasteiger partial charge is 0.399 e. The van der Waals surface area contributed by atoms with Crippen LogP contribution in [0.5, 0.6) is 11.8 Å². The number of ether oxygens (including phenoxy) is 1. The number of rotatable bonds is 7. The lowest BCUT2D eigenvalue weighted by Gasteiger charge is -2.09. The Hall–Kier alpha value is -1.81. The summed E-state index contributed by atoms with van der Waals surface area (Å²) in [7, 11) is 0. The van der Waals surface area contributed by atoms with E-state index < -0.39 is 0 Å². The van der Waals surface area contributed by atoms with Crippen LogP contribution in [0.4, 0.5) is 0 Å². The minimum atomic E-state index is 0.286. The van der Waals surface area contributed by atoms with Gasteiger partial charge in [-0.05, 0) is 36.6 Å². The molecule has 1 unspecified atom stereocenters. The molecule has 108 valence electrons. The Kier molecular flexibility index (Phi) is 5.18. The van der Waals surface area contributed by atoms with E-state index in [1.165, 1.54) is 5.56 Å². The van der Waals surface area contributed by atoms with E-state index in [2.05, 4.69) is 43.2 Å². The van der Waals surface area contributed by atoms with Gasteiger partial charge < -0.3 is 14.5 Å². The van der Waals surface area contributed by atoms with Gasteiger partial charge in [-0.3, -0.25) is 0 Å². The number of hydrogen-bond acceptors (Lipinski definition) is 4. The zero-order valence-electron chi connectivity index (χ0n) is 12.3. The Morgan fingerprint density at radius 2 is 2.00 bits per heavy atom. The molecule has 0 saturated carbocycles. The number of nitrogens with one attached hydrogen (secondary N) is 1. The average Bonchev–Trinajstić information content (AvgIpc) is 2.92. The SMILES string of the molecule is CCNCc1coc(Oc2ccc(C(C)CC)cc2)n1. The molecule has 4 heteroatoms. The lowest BCUT2D eigenvalue weighted by atomic mass is 9.99. The second kappa shape index (κ2) is 7.10. The third-order valence-electron chi connectivity index (χ3n) is 3.35. The van der Waals surface area contributed by atoms with Gasteiger partial charge in [-0.15, -0.1) is 0 Å². The number of hydrogen-bond donors (Lipinski definition) is 1. The highest BCUT2D eigenvalue weighted by atomic mass is 16.6. The molecule has 0 aliphatic carbocycles. The standard InChI is InChI=1S/C16H22N2O2/c1-4-12(3)13-6-8-15(9-7-13)20-16-18-14(11-19-16)10-17-5-2/h6-9,11-12,17H,4-5,10H2,1-3H3. The maximum atomic E-state index is 5.60. The zero-order valence-corrected chi connectivity index (χ0v) is 12.3. The van der Waals surface area contributed by atoms with Gasteiger partial charge in [0.1, 0.15) is 12.0 Å². The highest BCUT2D eigenvalue weighted by molar-refractivity contribution is 5.30. The summed E-state index contributed by atoms with van der Waals surface area (Å²) < 4.78 is 10.9. The number of benzene rings is 1. The van der Waals surface area contributed by atoms with E-state index in [9.17, 15) is 0 Å². The summed E-state index contributed by atoms with van der Waals surface area (Å²) in [5.41, 5.74) is 2.16. The molecular formula is C16H22N2O2. The summed E-state index contributed by atoms with van der Waals surface area (Å²) in [6.45, 7) is 8.05. The van der Waals surface area contributed by atoms with Crippen molar-refractivity contribution in [1.82, 2.24) is 10.3 Å². The van der Waals surface area contributed by atoms with Crippen LogP contribution in [0.3, 0.4) is 0 Å². The second-order valence-corrected chi connectivity index (χ2v) is 4.87. The van der Waals surface area contributed by atoms with Crippen LogP contribution in [0.25, 0.3) is 0 Å². The van der Waals surface area contributed by atoms with E-state index in [4.69, 9.17) is 9.15 Å². The average molecular weight is 274 g/mol. The molecule has 1 N–H and O–H groups in total. The first-order chi connectivity index (χ1) is 9.72. The topological polar surface area (TPSA) is 47.3 Å². The molecule has 0 fully saturated rings. The van der Waals surface area contributed by atoms with Crippen molar-refractivity contribution in [1.29, 1.82) is 0 Å². The minimum Gasteiger partial charge on any atom is -0.417 e. The Morgan fingerprint density at radius 1 is 1.25 bits per heavy atom. The van der Waals surface area contributed by atoms with Crippen LogP contribution in [-0.4, -0.2) is 11.5 Å². The van der Waals surface area contributed by atoms with E-state index in [-0.39, 0.29) is 6.08 Å². The van der Waals surface area contributed by atoms with Gasteiger partial charge in [0.2, 0.25) is 0 Å². The Labute approximate surface area is 120 Å². The molecule has 0 spiro atoms. The molecule has 0 aliphatic rings. The van der Waals surface area contributed by atoms with Crippen molar-refractivity contribution in [3.8, 4) is 11.8 Å². The van der Waals surface area contributed by atoms with Gasteiger partial charge in [-0.25, -0.2) is 0 Å². The van der Waals surface area contributed by atoms with Crippen molar-refractivity contribution < 1.29 is 9.15 Å². The molecule has 1 heterocycles. The van der Waals surface area contributed by atoms with Gasteiger partial charge in [0, 0.05) is 6.54 Å². The summed E-state index contributed by atoms with van der Waals surface area (Å²) in [4.78, 5) is 4.27. The van der Waals surface area contributed by atoms with Crippen molar-refractivity contribution in [3.63, 3.8) is 0 Å². The first-order valence-corrected chi connectivity index (χ1v) is 7.15. The van der Waals surface area contributed by atoms with Gasteiger partial charge in [0.15, 0.2) is 0 Å². The monoisotopic (exact) mass is 274 g/mol. The van der Waals surface area contributed by atoms with Gasteiger partial charge >= 0.3 is 6.08 Å². The molecule has 1 atom stereocenters. The fraction of sp³-hybridized carbons (Fsp3) is 0.438. The molecule has 0 amide bonds. The maximum absolute atomic E-state index is 5.60.